The van der Waals surface area contributed by atoms with Crippen molar-refractivity contribution in [1.29, 1.82) is 0 Å². The summed E-state index contributed by atoms with van der Waals surface area (Å²) in [7, 11) is 1.29. The largest absolute Gasteiger partial charge is 0.467 e. The maximum atomic E-state index is 13.4. The molecule has 1 aromatic carbocycles. The van der Waals surface area contributed by atoms with Gasteiger partial charge in [0.1, 0.15) is 11.4 Å². The minimum Gasteiger partial charge on any atom is -0.467 e. The van der Waals surface area contributed by atoms with Gasteiger partial charge in [0.05, 0.1) is 42.1 Å². The molecular formula is C25H20N4O5S. The van der Waals surface area contributed by atoms with Gasteiger partial charge in [-0.2, -0.15) is 0 Å². The number of furan rings is 1. The van der Waals surface area contributed by atoms with Crippen molar-refractivity contribution < 1.29 is 13.9 Å². The molecule has 0 atom stereocenters. The fraction of sp³-hybridized carbons (Fsp3) is 0.160. The fourth-order valence-corrected chi connectivity index (χ4v) is 4.62. The van der Waals surface area contributed by atoms with Gasteiger partial charge in [0.2, 0.25) is 0 Å². The molecule has 35 heavy (non-hydrogen) atoms. The zero-order chi connectivity index (χ0) is 24.5. The van der Waals surface area contributed by atoms with E-state index in [1.807, 2.05) is 13.0 Å². The van der Waals surface area contributed by atoms with Crippen molar-refractivity contribution in [3.05, 3.63) is 104 Å². The van der Waals surface area contributed by atoms with Crippen molar-refractivity contribution >= 4 is 34.3 Å². The first-order valence-electron chi connectivity index (χ1n) is 10.7. The molecule has 0 spiro atoms. The highest BCUT2D eigenvalue weighted by Gasteiger charge is 2.16. The lowest BCUT2D eigenvalue weighted by atomic mass is 10.1. The van der Waals surface area contributed by atoms with E-state index in [9.17, 15) is 14.4 Å². The van der Waals surface area contributed by atoms with E-state index in [-0.39, 0.29) is 17.7 Å². The third kappa shape index (κ3) is 4.47. The number of rotatable bonds is 6. The van der Waals surface area contributed by atoms with Gasteiger partial charge < -0.3 is 9.15 Å². The molecule has 0 radical (unpaired) electrons. The van der Waals surface area contributed by atoms with Crippen molar-refractivity contribution in [2.75, 3.05) is 7.11 Å². The Kier molecular flexibility index (Phi) is 5.96. The number of pyridine rings is 1. The molecule has 0 aliphatic heterocycles. The summed E-state index contributed by atoms with van der Waals surface area (Å²) in [5.41, 5.74) is 2.28. The molecular weight excluding hydrogens is 468 g/mol. The number of carbonyl (C=O) groups is 1. The molecule has 0 saturated carbocycles. The van der Waals surface area contributed by atoms with Crippen LogP contribution in [0.4, 0.5) is 0 Å². The minimum absolute atomic E-state index is 0.183. The highest BCUT2D eigenvalue weighted by atomic mass is 32.2. The van der Waals surface area contributed by atoms with Crippen LogP contribution in [0.1, 0.15) is 27.4 Å². The summed E-state index contributed by atoms with van der Waals surface area (Å²) in [6.45, 7) is 2.09. The Balaban J connectivity index is 1.57. The van der Waals surface area contributed by atoms with Gasteiger partial charge in [0.25, 0.3) is 11.1 Å². The maximum Gasteiger partial charge on any atom is 0.337 e. The lowest BCUT2D eigenvalue weighted by Gasteiger charge is -2.13. The lowest BCUT2D eigenvalue weighted by Crippen LogP contribution is -2.24. The zero-order valence-electron chi connectivity index (χ0n) is 18.9. The van der Waals surface area contributed by atoms with Gasteiger partial charge in [-0.25, -0.2) is 14.8 Å². The van der Waals surface area contributed by atoms with Crippen LogP contribution in [0.3, 0.4) is 0 Å². The third-order valence-electron chi connectivity index (χ3n) is 5.45. The zero-order valence-corrected chi connectivity index (χ0v) is 19.7. The SMILES string of the molecule is COC(=O)c1ccc2c(=O)n(Cc3ccco3)c(SCc3cc(=O)n4cc(C)ccc4n3)nc2c1. The summed E-state index contributed by atoms with van der Waals surface area (Å²) in [6.07, 6.45) is 3.28. The van der Waals surface area contributed by atoms with E-state index < -0.39 is 5.97 Å². The second-order valence-corrected chi connectivity index (χ2v) is 8.84. The standard InChI is InChI=1S/C25H20N4O5S/c1-15-5-8-21-26-17(11-22(30)28(21)12-15)14-35-25-27-20-10-16(24(32)33-2)6-7-19(20)23(31)29(25)13-18-4-3-9-34-18/h3-12H,13-14H2,1-2H3. The second-order valence-electron chi connectivity index (χ2n) is 7.90. The number of thioether (sulfide) groups is 1. The molecule has 0 unspecified atom stereocenters. The molecule has 0 amide bonds. The average molecular weight is 489 g/mol. The maximum absolute atomic E-state index is 13.4. The molecule has 0 saturated heterocycles. The van der Waals surface area contributed by atoms with Crippen molar-refractivity contribution in [2.24, 2.45) is 0 Å². The Morgan fingerprint density at radius 1 is 1.11 bits per heavy atom. The predicted molar refractivity (Wildman–Crippen MR) is 131 cm³/mol. The number of esters is 1. The van der Waals surface area contributed by atoms with E-state index in [1.54, 1.807) is 36.7 Å². The summed E-state index contributed by atoms with van der Waals surface area (Å²) in [6, 6.07) is 13.3. The molecule has 5 rings (SSSR count). The van der Waals surface area contributed by atoms with E-state index in [0.29, 0.717) is 44.5 Å². The Bertz CT molecular complexity index is 1690. The highest BCUT2D eigenvalue weighted by Crippen LogP contribution is 2.23. The van der Waals surface area contributed by atoms with Gasteiger partial charge in [0.15, 0.2) is 5.16 Å². The third-order valence-corrected chi connectivity index (χ3v) is 6.46. The van der Waals surface area contributed by atoms with Crippen LogP contribution in [0.25, 0.3) is 16.6 Å². The quantitative estimate of drug-likeness (QED) is 0.203. The first kappa shape index (κ1) is 22.6. The smallest absolute Gasteiger partial charge is 0.337 e. The number of carbonyl (C=O) groups excluding carboxylic acids is 1. The van der Waals surface area contributed by atoms with Crippen LogP contribution in [0.2, 0.25) is 0 Å². The summed E-state index contributed by atoms with van der Waals surface area (Å²) < 4.78 is 13.3. The fourth-order valence-electron chi connectivity index (χ4n) is 3.72. The van der Waals surface area contributed by atoms with E-state index in [2.05, 4.69) is 9.97 Å². The minimum atomic E-state index is -0.515. The van der Waals surface area contributed by atoms with Crippen LogP contribution in [-0.2, 0) is 17.0 Å². The number of methoxy groups -OCH3 is 1. The number of nitrogens with zero attached hydrogens (tertiary/aromatic N) is 4. The van der Waals surface area contributed by atoms with Crippen molar-refractivity contribution in [2.45, 2.75) is 24.4 Å². The van der Waals surface area contributed by atoms with Crippen LogP contribution in [0, 0.1) is 6.92 Å². The van der Waals surface area contributed by atoms with Crippen LogP contribution in [0.5, 0.6) is 0 Å². The monoisotopic (exact) mass is 488 g/mol. The molecule has 4 aromatic heterocycles. The number of hydrogen-bond acceptors (Lipinski definition) is 8. The molecule has 4 heterocycles. The number of fused-ring (bicyclic) bond motifs is 2. The van der Waals surface area contributed by atoms with E-state index in [4.69, 9.17) is 9.15 Å². The summed E-state index contributed by atoms with van der Waals surface area (Å²) in [4.78, 5) is 47.2. The normalized spacial score (nSPS) is 11.3. The van der Waals surface area contributed by atoms with E-state index in [1.165, 1.54) is 46.0 Å². The van der Waals surface area contributed by atoms with Crippen LogP contribution >= 0.6 is 11.8 Å². The molecule has 9 nitrogen and oxygen atoms in total. The number of benzene rings is 1. The summed E-state index contributed by atoms with van der Waals surface area (Å²) in [5, 5.41) is 0.776. The molecule has 0 N–H and O–H groups in total. The average Bonchev–Trinajstić information content (AvgIpc) is 3.37. The lowest BCUT2D eigenvalue weighted by molar-refractivity contribution is 0.0601. The van der Waals surface area contributed by atoms with Crippen molar-refractivity contribution in [1.82, 2.24) is 18.9 Å². The number of aromatic nitrogens is 4. The highest BCUT2D eigenvalue weighted by molar-refractivity contribution is 7.98. The van der Waals surface area contributed by atoms with Gasteiger partial charge in [-0.05, 0) is 48.9 Å². The molecule has 0 aliphatic rings. The molecule has 5 aromatic rings. The Morgan fingerprint density at radius 3 is 2.74 bits per heavy atom. The predicted octanol–water partition coefficient (Wildman–Crippen LogP) is 3.43. The molecule has 176 valence electrons. The first-order chi connectivity index (χ1) is 16.9. The second kappa shape index (κ2) is 9.22. The van der Waals surface area contributed by atoms with Crippen LogP contribution in [-0.4, -0.2) is 32.0 Å². The Hall–Kier alpha value is -4.18. The Labute approximate surface area is 203 Å². The topological polar surface area (TPSA) is 109 Å². The van der Waals surface area contributed by atoms with Gasteiger partial charge in [0, 0.05) is 18.0 Å². The first-order valence-corrected chi connectivity index (χ1v) is 11.7. The number of aryl methyl sites for hydroxylation is 1. The number of hydrogen-bond donors (Lipinski definition) is 0. The van der Waals surface area contributed by atoms with Gasteiger partial charge in [-0.15, -0.1) is 0 Å². The van der Waals surface area contributed by atoms with Crippen molar-refractivity contribution in [3.8, 4) is 0 Å². The van der Waals surface area contributed by atoms with Crippen molar-refractivity contribution in [3.63, 3.8) is 0 Å². The molecule has 0 fully saturated rings. The van der Waals surface area contributed by atoms with Gasteiger partial charge in [-0.1, -0.05) is 17.8 Å². The van der Waals surface area contributed by atoms with Gasteiger partial charge >= 0.3 is 5.97 Å². The number of ether oxygens (including phenoxy) is 1. The van der Waals surface area contributed by atoms with Gasteiger partial charge in [-0.3, -0.25) is 18.6 Å². The summed E-state index contributed by atoms with van der Waals surface area (Å²) >= 11 is 1.27. The molecule has 0 aliphatic carbocycles. The van der Waals surface area contributed by atoms with Crippen LogP contribution < -0.4 is 11.1 Å². The molecule has 10 heteroatoms. The van der Waals surface area contributed by atoms with E-state index in [0.717, 1.165) is 5.56 Å². The van der Waals surface area contributed by atoms with Crippen LogP contribution in [0.15, 0.2) is 80.2 Å². The Morgan fingerprint density at radius 2 is 1.97 bits per heavy atom. The summed E-state index contributed by atoms with van der Waals surface area (Å²) in [5.74, 6) is 0.393. The molecule has 0 bridgehead atoms. The van der Waals surface area contributed by atoms with E-state index >= 15 is 0 Å².